The maximum atomic E-state index is 14.7. The predicted octanol–water partition coefficient (Wildman–Crippen LogP) is 3.77. The predicted molar refractivity (Wildman–Crippen MR) is 156 cm³/mol. The minimum Gasteiger partial charge on any atom is -0.396 e. The lowest BCUT2D eigenvalue weighted by atomic mass is 9.70. The molecule has 0 aromatic carbocycles. The third kappa shape index (κ3) is 5.87. The monoisotopic (exact) mass is 609 g/mol. The van der Waals surface area contributed by atoms with E-state index < -0.39 is 35.1 Å². The van der Waals surface area contributed by atoms with E-state index >= 15 is 0 Å². The first-order valence-corrected chi connectivity index (χ1v) is 15.2. The molecule has 1 spiro atoms. The number of amides is 3. The molecule has 39 heavy (non-hydrogen) atoms. The van der Waals surface area contributed by atoms with Crippen molar-refractivity contribution < 1.29 is 24.2 Å². The summed E-state index contributed by atoms with van der Waals surface area (Å²) in [7, 11) is 0. The molecule has 3 rings (SSSR count). The zero-order valence-electron chi connectivity index (χ0n) is 24.6. The lowest BCUT2D eigenvalue weighted by molar-refractivity contribution is -0.153. The van der Waals surface area contributed by atoms with Gasteiger partial charge in [0.1, 0.15) is 11.6 Å². The van der Waals surface area contributed by atoms with Gasteiger partial charge in [-0.1, -0.05) is 55.8 Å². The summed E-state index contributed by atoms with van der Waals surface area (Å²) in [5.74, 6) is -1.99. The number of likely N-dealkylation sites (tertiary alicyclic amines) is 1. The first-order chi connectivity index (χ1) is 18.2. The Kier molecular flexibility index (Phi) is 9.81. The molecule has 3 aliphatic heterocycles. The van der Waals surface area contributed by atoms with Crippen LogP contribution in [-0.4, -0.2) is 98.4 Å². The van der Waals surface area contributed by atoms with Crippen molar-refractivity contribution in [2.45, 2.75) is 95.3 Å². The van der Waals surface area contributed by atoms with Gasteiger partial charge in [0, 0.05) is 43.2 Å². The molecular weight excluding hydrogens is 562 g/mol. The van der Waals surface area contributed by atoms with Crippen LogP contribution in [0.5, 0.6) is 0 Å². The number of fused-ring (bicyclic) bond motifs is 1. The molecule has 3 heterocycles. The van der Waals surface area contributed by atoms with Crippen molar-refractivity contribution in [1.82, 2.24) is 14.7 Å². The number of carbonyl (C=O) groups is 3. The molecule has 0 aromatic heterocycles. The second kappa shape index (κ2) is 12.0. The standard InChI is InChI=1S/C30H48BrN3O5/c1-9-13-32(14-10-2)25(36)21-22-26(37)33(16-12-17-35)24(30(22)18-20(31)23(21)39-30)27(38)34(15-11-3)29(7,8)19-28(4,5)6/h9,11,20-24,35H,1,3,10,12-19H2,2,4-8H3/t20?,21-,22-,23-,24?,30?/m0/s1. The van der Waals surface area contributed by atoms with Gasteiger partial charge in [-0.15, -0.1) is 13.2 Å². The molecule has 8 nitrogen and oxygen atoms in total. The van der Waals surface area contributed by atoms with Gasteiger partial charge in [0.25, 0.3) is 0 Å². The van der Waals surface area contributed by atoms with Gasteiger partial charge in [-0.25, -0.2) is 0 Å². The fourth-order valence-electron chi connectivity index (χ4n) is 7.41. The molecule has 6 atom stereocenters. The van der Waals surface area contributed by atoms with E-state index in [9.17, 15) is 19.5 Å². The minimum absolute atomic E-state index is 0.0409. The number of rotatable bonds is 13. The lowest BCUT2D eigenvalue weighted by Crippen LogP contribution is -2.61. The molecule has 3 saturated heterocycles. The quantitative estimate of drug-likeness (QED) is 0.253. The first-order valence-electron chi connectivity index (χ1n) is 14.3. The third-order valence-electron chi connectivity index (χ3n) is 8.29. The van der Waals surface area contributed by atoms with Crippen LogP contribution in [0.1, 0.15) is 67.2 Å². The van der Waals surface area contributed by atoms with E-state index in [0.29, 0.717) is 32.5 Å². The Morgan fingerprint density at radius 3 is 2.36 bits per heavy atom. The van der Waals surface area contributed by atoms with Crippen molar-refractivity contribution in [1.29, 1.82) is 0 Å². The molecule has 3 amide bonds. The van der Waals surface area contributed by atoms with E-state index in [1.165, 1.54) is 0 Å². The second-order valence-corrected chi connectivity index (χ2v) is 14.3. The van der Waals surface area contributed by atoms with Crippen LogP contribution in [0, 0.1) is 17.3 Å². The van der Waals surface area contributed by atoms with Gasteiger partial charge in [-0.05, 0) is 44.9 Å². The van der Waals surface area contributed by atoms with Crippen LogP contribution in [-0.2, 0) is 19.1 Å². The van der Waals surface area contributed by atoms with Crippen molar-refractivity contribution >= 4 is 33.7 Å². The number of aliphatic hydroxyl groups is 1. The molecular formula is C30H48BrN3O5. The first kappa shape index (κ1) is 31.8. The number of carbonyl (C=O) groups excluding carboxylic acids is 3. The fourth-order valence-corrected chi connectivity index (χ4v) is 8.35. The Morgan fingerprint density at radius 1 is 1.18 bits per heavy atom. The molecule has 0 saturated carbocycles. The SMILES string of the molecule is C=CCN(CCC)C(=O)[C@H]1[C@H]2C(=O)N(CCCO)C(C(=O)N(CC=C)C(C)(C)CC(C)(C)C)C23CC(Br)[C@@H]1O3. The number of hydrogen-bond acceptors (Lipinski definition) is 5. The average Bonchev–Trinajstić information content (AvgIpc) is 3.42. The Bertz CT molecular complexity index is 963. The van der Waals surface area contributed by atoms with Crippen LogP contribution in [0.2, 0.25) is 0 Å². The summed E-state index contributed by atoms with van der Waals surface area (Å²) in [5, 5.41) is 9.64. The summed E-state index contributed by atoms with van der Waals surface area (Å²) in [5.41, 5.74) is -1.68. The third-order valence-corrected chi connectivity index (χ3v) is 9.14. The summed E-state index contributed by atoms with van der Waals surface area (Å²) in [6, 6.07) is -0.886. The summed E-state index contributed by atoms with van der Waals surface area (Å²) < 4.78 is 6.67. The van der Waals surface area contributed by atoms with Crippen LogP contribution < -0.4 is 0 Å². The number of ether oxygens (including phenoxy) is 1. The van der Waals surface area contributed by atoms with Gasteiger partial charge in [0.05, 0.1) is 17.9 Å². The van der Waals surface area contributed by atoms with Crippen LogP contribution in [0.3, 0.4) is 0 Å². The molecule has 1 N–H and O–H groups in total. The smallest absolute Gasteiger partial charge is 0.249 e. The second-order valence-electron chi connectivity index (χ2n) is 13.1. The zero-order valence-corrected chi connectivity index (χ0v) is 26.2. The molecule has 3 unspecified atom stereocenters. The van der Waals surface area contributed by atoms with Crippen molar-refractivity contribution in [3.8, 4) is 0 Å². The minimum atomic E-state index is -1.12. The van der Waals surface area contributed by atoms with Gasteiger partial charge in [-0.2, -0.15) is 0 Å². The molecule has 2 bridgehead atoms. The largest absolute Gasteiger partial charge is 0.396 e. The van der Waals surface area contributed by atoms with Crippen molar-refractivity contribution in [2.24, 2.45) is 17.3 Å². The van der Waals surface area contributed by atoms with E-state index in [4.69, 9.17) is 4.74 Å². The number of alkyl halides is 1. The Hall–Kier alpha value is -1.71. The highest BCUT2D eigenvalue weighted by Crippen LogP contribution is 2.60. The summed E-state index contributed by atoms with van der Waals surface area (Å²) in [4.78, 5) is 47.8. The lowest BCUT2D eigenvalue weighted by Gasteiger charge is -2.45. The summed E-state index contributed by atoms with van der Waals surface area (Å²) in [6.07, 6.45) is 5.24. The van der Waals surface area contributed by atoms with Crippen molar-refractivity contribution in [3.63, 3.8) is 0 Å². The van der Waals surface area contributed by atoms with Gasteiger partial charge in [0.2, 0.25) is 17.7 Å². The van der Waals surface area contributed by atoms with Gasteiger partial charge < -0.3 is 24.5 Å². The van der Waals surface area contributed by atoms with Crippen molar-refractivity contribution in [3.05, 3.63) is 25.3 Å². The number of halogens is 1. The Balaban J connectivity index is 2.10. The van der Waals surface area contributed by atoms with Crippen LogP contribution >= 0.6 is 15.9 Å². The average molecular weight is 611 g/mol. The molecule has 220 valence electrons. The van der Waals surface area contributed by atoms with Gasteiger partial charge in [-0.3, -0.25) is 14.4 Å². The maximum Gasteiger partial charge on any atom is 0.249 e. The van der Waals surface area contributed by atoms with Crippen LogP contribution in [0.15, 0.2) is 25.3 Å². The van der Waals surface area contributed by atoms with E-state index in [0.717, 1.165) is 12.8 Å². The zero-order chi connectivity index (χ0) is 29.3. The van der Waals surface area contributed by atoms with E-state index in [2.05, 4.69) is 49.9 Å². The molecule has 0 aromatic rings. The maximum absolute atomic E-state index is 14.7. The van der Waals surface area contributed by atoms with Crippen LogP contribution in [0.4, 0.5) is 0 Å². The molecule has 0 aliphatic carbocycles. The molecule has 9 heteroatoms. The fraction of sp³-hybridized carbons (Fsp3) is 0.767. The van der Waals surface area contributed by atoms with E-state index in [1.807, 2.05) is 25.7 Å². The molecule has 3 aliphatic rings. The molecule has 0 radical (unpaired) electrons. The number of aliphatic hydroxyl groups excluding tert-OH is 1. The van der Waals surface area contributed by atoms with Crippen LogP contribution in [0.25, 0.3) is 0 Å². The van der Waals surface area contributed by atoms with Gasteiger partial charge >= 0.3 is 0 Å². The highest BCUT2D eigenvalue weighted by atomic mass is 79.9. The normalized spacial score (nSPS) is 29.9. The number of hydrogen-bond donors (Lipinski definition) is 1. The Labute approximate surface area is 242 Å². The Morgan fingerprint density at radius 2 is 1.82 bits per heavy atom. The topological polar surface area (TPSA) is 90.4 Å². The number of nitrogens with zero attached hydrogens (tertiary/aromatic N) is 3. The summed E-state index contributed by atoms with van der Waals surface area (Å²) in [6.45, 7) is 21.7. The highest BCUT2D eigenvalue weighted by Gasteiger charge is 2.77. The highest BCUT2D eigenvalue weighted by molar-refractivity contribution is 9.09. The van der Waals surface area contributed by atoms with Crippen molar-refractivity contribution in [2.75, 3.05) is 32.8 Å². The van der Waals surface area contributed by atoms with Gasteiger partial charge in [0.15, 0.2) is 0 Å². The summed E-state index contributed by atoms with van der Waals surface area (Å²) >= 11 is 3.75. The molecule has 3 fully saturated rings. The van der Waals surface area contributed by atoms with E-state index in [-0.39, 0.29) is 41.1 Å². The van der Waals surface area contributed by atoms with E-state index in [1.54, 1.807) is 22.0 Å².